The summed E-state index contributed by atoms with van der Waals surface area (Å²) < 4.78 is 12.8. The van der Waals surface area contributed by atoms with Crippen molar-refractivity contribution in [1.29, 1.82) is 0 Å². The molecular weight excluding hydrogens is 446 g/mol. The summed E-state index contributed by atoms with van der Waals surface area (Å²) in [5, 5.41) is 18.3. The van der Waals surface area contributed by atoms with Gasteiger partial charge in [0.15, 0.2) is 0 Å². The first-order valence-corrected chi connectivity index (χ1v) is 11.6. The van der Waals surface area contributed by atoms with Crippen molar-refractivity contribution in [3.05, 3.63) is 71.7 Å². The fourth-order valence-corrected chi connectivity index (χ4v) is 4.29. The van der Waals surface area contributed by atoms with Crippen molar-refractivity contribution >= 4 is 22.7 Å². The highest BCUT2D eigenvalue weighted by molar-refractivity contribution is 5.80. The van der Waals surface area contributed by atoms with Gasteiger partial charge in [0.2, 0.25) is 5.88 Å². The van der Waals surface area contributed by atoms with Gasteiger partial charge in [-0.25, -0.2) is 9.97 Å². The van der Waals surface area contributed by atoms with Gasteiger partial charge in [-0.1, -0.05) is 6.07 Å². The molecule has 9 nitrogen and oxygen atoms in total. The Hall–Kier alpha value is -4.14. The second kappa shape index (κ2) is 10.0. The van der Waals surface area contributed by atoms with E-state index in [2.05, 4.69) is 27.5 Å². The molecule has 4 heterocycles. The Labute approximate surface area is 202 Å². The minimum absolute atomic E-state index is 0.117. The Balaban J connectivity index is 1.29. The molecule has 0 aliphatic carbocycles. The van der Waals surface area contributed by atoms with E-state index in [0.717, 1.165) is 53.1 Å². The number of benzene rings is 1. The number of aliphatic carboxylic acids is 1. The lowest BCUT2D eigenvalue weighted by Crippen LogP contribution is -2.16. The van der Waals surface area contributed by atoms with Gasteiger partial charge < -0.3 is 19.9 Å². The fourth-order valence-electron chi connectivity index (χ4n) is 4.29. The summed E-state index contributed by atoms with van der Waals surface area (Å²) >= 11 is 0. The van der Waals surface area contributed by atoms with Crippen molar-refractivity contribution in [3.63, 3.8) is 0 Å². The van der Waals surface area contributed by atoms with Crippen molar-refractivity contribution in [2.45, 2.75) is 31.7 Å². The highest BCUT2D eigenvalue weighted by Crippen LogP contribution is 2.27. The van der Waals surface area contributed by atoms with Gasteiger partial charge in [0, 0.05) is 42.5 Å². The second-order valence-corrected chi connectivity index (χ2v) is 8.52. The van der Waals surface area contributed by atoms with Crippen LogP contribution in [-0.4, -0.2) is 51.1 Å². The third-order valence-electron chi connectivity index (χ3n) is 6.11. The van der Waals surface area contributed by atoms with Gasteiger partial charge >= 0.3 is 5.97 Å². The average Bonchev–Trinajstić information content (AvgIpc) is 3.30. The minimum atomic E-state index is -0.916. The number of carboxylic acids is 1. The summed E-state index contributed by atoms with van der Waals surface area (Å²) in [6, 6.07) is 12.9. The van der Waals surface area contributed by atoms with Crippen LogP contribution in [0.2, 0.25) is 0 Å². The first-order valence-electron chi connectivity index (χ1n) is 11.6. The van der Waals surface area contributed by atoms with E-state index in [4.69, 9.17) is 14.5 Å². The van der Waals surface area contributed by atoms with E-state index in [1.54, 1.807) is 16.9 Å². The quantitative estimate of drug-likeness (QED) is 0.377. The zero-order valence-corrected chi connectivity index (χ0v) is 19.5. The third-order valence-corrected chi connectivity index (χ3v) is 6.11. The maximum absolute atomic E-state index is 11.5. The third kappa shape index (κ3) is 5.18. The summed E-state index contributed by atoms with van der Waals surface area (Å²) in [4.78, 5) is 20.5. The maximum Gasteiger partial charge on any atom is 0.305 e. The normalized spacial score (nSPS) is 13.6. The summed E-state index contributed by atoms with van der Waals surface area (Å²) in [6.45, 7) is 1.47. The molecule has 0 fully saturated rings. The number of nitrogens with one attached hydrogen (secondary N) is 1. The first-order chi connectivity index (χ1) is 17.1. The van der Waals surface area contributed by atoms with Crippen LogP contribution in [0.5, 0.6) is 11.6 Å². The zero-order valence-electron chi connectivity index (χ0n) is 19.5. The molecule has 0 saturated carbocycles. The number of aromatic nitrogens is 4. The largest absolute Gasteiger partial charge is 0.493 e. The van der Waals surface area contributed by atoms with Crippen molar-refractivity contribution in [2.24, 2.45) is 0 Å². The molecule has 0 spiro atoms. The Morgan fingerprint density at radius 1 is 1.23 bits per heavy atom. The van der Waals surface area contributed by atoms with Crippen LogP contribution in [0, 0.1) is 0 Å². The van der Waals surface area contributed by atoms with Crippen LogP contribution in [0.15, 0.2) is 54.9 Å². The molecule has 1 aliphatic heterocycles. The maximum atomic E-state index is 11.5. The monoisotopic (exact) mass is 473 g/mol. The Morgan fingerprint density at radius 2 is 2.14 bits per heavy atom. The number of methoxy groups -OCH3 is 1. The van der Waals surface area contributed by atoms with Crippen molar-refractivity contribution in [3.8, 4) is 11.6 Å². The van der Waals surface area contributed by atoms with Crippen LogP contribution in [0.3, 0.4) is 0 Å². The van der Waals surface area contributed by atoms with Gasteiger partial charge in [-0.15, -0.1) is 0 Å². The SMILES string of the molecule is COc1ccc(C(CC(=O)O)n2cc3cc(OCCc4ccc5c(n4)NCCC5)ccc3n2)cn1. The van der Waals surface area contributed by atoms with Crippen molar-refractivity contribution < 1.29 is 19.4 Å². The van der Waals surface area contributed by atoms with Crippen LogP contribution < -0.4 is 14.8 Å². The van der Waals surface area contributed by atoms with E-state index >= 15 is 0 Å². The summed E-state index contributed by atoms with van der Waals surface area (Å²) in [7, 11) is 1.54. The number of fused-ring (bicyclic) bond motifs is 2. The van der Waals surface area contributed by atoms with E-state index in [1.807, 2.05) is 30.5 Å². The number of hydrogen-bond donors (Lipinski definition) is 2. The number of pyridine rings is 2. The Kier molecular flexibility index (Phi) is 6.47. The lowest BCUT2D eigenvalue weighted by atomic mass is 10.1. The lowest BCUT2D eigenvalue weighted by molar-refractivity contribution is -0.137. The van der Waals surface area contributed by atoms with Crippen molar-refractivity contribution in [2.75, 3.05) is 25.6 Å². The van der Waals surface area contributed by atoms with E-state index in [9.17, 15) is 9.90 Å². The molecular formula is C26H27N5O4. The lowest BCUT2D eigenvalue weighted by Gasteiger charge is -2.17. The first kappa shape index (κ1) is 22.6. The Morgan fingerprint density at radius 3 is 2.94 bits per heavy atom. The fraction of sp³-hybridized carbons (Fsp3) is 0.308. The smallest absolute Gasteiger partial charge is 0.305 e. The second-order valence-electron chi connectivity index (χ2n) is 8.52. The average molecular weight is 474 g/mol. The predicted molar refractivity (Wildman–Crippen MR) is 131 cm³/mol. The van der Waals surface area contributed by atoms with Gasteiger partial charge in [0.05, 0.1) is 31.7 Å². The molecule has 1 atom stereocenters. The van der Waals surface area contributed by atoms with Crippen LogP contribution >= 0.6 is 0 Å². The molecule has 5 rings (SSSR count). The number of anilines is 1. The van der Waals surface area contributed by atoms with Gasteiger partial charge in [-0.3, -0.25) is 9.48 Å². The molecule has 1 unspecified atom stereocenters. The molecule has 2 N–H and O–H groups in total. The highest BCUT2D eigenvalue weighted by Gasteiger charge is 2.20. The molecule has 180 valence electrons. The number of aryl methyl sites for hydroxylation is 1. The molecule has 4 aromatic rings. The van der Waals surface area contributed by atoms with E-state index < -0.39 is 12.0 Å². The van der Waals surface area contributed by atoms with Crippen LogP contribution in [0.25, 0.3) is 10.9 Å². The summed E-state index contributed by atoms with van der Waals surface area (Å²) in [6.07, 6.45) is 6.27. The van der Waals surface area contributed by atoms with E-state index in [-0.39, 0.29) is 6.42 Å². The van der Waals surface area contributed by atoms with Gasteiger partial charge in [-0.2, -0.15) is 5.10 Å². The number of carboxylic acid groups (broad SMARTS) is 1. The number of hydrogen-bond acceptors (Lipinski definition) is 7. The van der Waals surface area contributed by atoms with Crippen LogP contribution in [0.4, 0.5) is 5.82 Å². The number of rotatable bonds is 9. The van der Waals surface area contributed by atoms with Gasteiger partial charge in [0.25, 0.3) is 0 Å². The van der Waals surface area contributed by atoms with Gasteiger partial charge in [-0.05, 0) is 54.3 Å². The predicted octanol–water partition coefficient (Wildman–Crippen LogP) is 3.88. The number of ether oxygens (including phenoxy) is 2. The molecule has 3 aromatic heterocycles. The molecule has 0 amide bonds. The molecule has 9 heteroatoms. The number of carbonyl (C=O) groups is 1. The van der Waals surface area contributed by atoms with Crippen molar-refractivity contribution in [1.82, 2.24) is 19.7 Å². The van der Waals surface area contributed by atoms with E-state index in [1.165, 1.54) is 12.7 Å². The standard InChI is InChI=1S/C26H27N5O4/c1-34-24-9-5-18(15-28-24)23(14-25(32)33)31-16-19-13-21(7-8-22(19)30-31)35-12-10-20-6-4-17-3-2-11-27-26(17)29-20/h4-9,13,15-16,23H,2-3,10-12,14H2,1H3,(H,27,29)(H,32,33). The zero-order chi connectivity index (χ0) is 24.2. The van der Waals surface area contributed by atoms with E-state index in [0.29, 0.717) is 18.9 Å². The topological polar surface area (TPSA) is 111 Å². The molecule has 0 bridgehead atoms. The van der Waals surface area contributed by atoms with Crippen LogP contribution in [-0.2, 0) is 17.6 Å². The molecule has 1 aliphatic rings. The molecule has 0 saturated heterocycles. The highest BCUT2D eigenvalue weighted by atomic mass is 16.5. The van der Waals surface area contributed by atoms with Gasteiger partial charge in [0.1, 0.15) is 11.6 Å². The number of nitrogens with zero attached hydrogens (tertiary/aromatic N) is 4. The summed E-state index contributed by atoms with van der Waals surface area (Å²) in [5.74, 6) is 1.28. The minimum Gasteiger partial charge on any atom is -0.493 e. The molecule has 0 radical (unpaired) electrons. The van der Waals surface area contributed by atoms with Crippen LogP contribution in [0.1, 0.15) is 35.7 Å². The molecule has 35 heavy (non-hydrogen) atoms. The Bertz CT molecular complexity index is 1340. The summed E-state index contributed by atoms with van der Waals surface area (Å²) in [5.41, 5.74) is 3.77. The molecule has 1 aromatic carbocycles.